The van der Waals surface area contributed by atoms with Gasteiger partial charge in [0, 0.05) is 26.6 Å². The SMILES string of the molecule is Cc1nnc(NC(=O)CN2CCNCC2C(=O)O)o1. The van der Waals surface area contributed by atoms with Crippen molar-refractivity contribution in [1.29, 1.82) is 0 Å². The number of aryl methyl sites for hydroxylation is 1. The number of hydrogen-bond donors (Lipinski definition) is 3. The van der Waals surface area contributed by atoms with Crippen molar-refractivity contribution >= 4 is 17.9 Å². The van der Waals surface area contributed by atoms with Crippen LogP contribution in [-0.4, -0.2) is 64.3 Å². The molecule has 1 unspecified atom stereocenters. The predicted octanol–water partition coefficient (Wildman–Crippen LogP) is -1.33. The van der Waals surface area contributed by atoms with Gasteiger partial charge in [0.2, 0.25) is 11.8 Å². The molecule has 9 heteroatoms. The highest BCUT2D eigenvalue weighted by molar-refractivity contribution is 5.90. The van der Waals surface area contributed by atoms with Crippen LogP contribution in [-0.2, 0) is 9.59 Å². The Morgan fingerprint density at radius 2 is 2.37 bits per heavy atom. The second-order valence-electron chi connectivity index (χ2n) is 4.20. The van der Waals surface area contributed by atoms with Crippen LogP contribution >= 0.6 is 0 Å². The Hall–Kier alpha value is -2.00. The molecule has 0 radical (unpaired) electrons. The van der Waals surface area contributed by atoms with Gasteiger partial charge in [-0.15, -0.1) is 5.10 Å². The zero-order chi connectivity index (χ0) is 13.8. The lowest BCUT2D eigenvalue weighted by atomic mass is 10.2. The molecule has 2 heterocycles. The number of nitrogens with zero attached hydrogens (tertiary/aromatic N) is 3. The van der Waals surface area contributed by atoms with E-state index in [1.807, 2.05) is 0 Å². The Morgan fingerprint density at radius 1 is 1.58 bits per heavy atom. The molecule has 3 N–H and O–H groups in total. The number of nitrogens with one attached hydrogen (secondary N) is 2. The van der Waals surface area contributed by atoms with Crippen molar-refractivity contribution in [2.75, 3.05) is 31.5 Å². The summed E-state index contributed by atoms with van der Waals surface area (Å²) in [6, 6.07) is -0.687. The molecule has 1 atom stereocenters. The second kappa shape index (κ2) is 5.76. The summed E-state index contributed by atoms with van der Waals surface area (Å²) in [4.78, 5) is 24.4. The number of anilines is 1. The number of carbonyl (C=O) groups is 2. The van der Waals surface area contributed by atoms with Crippen molar-refractivity contribution in [2.24, 2.45) is 0 Å². The first-order valence-corrected chi connectivity index (χ1v) is 5.84. The number of hydrogen-bond acceptors (Lipinski definition) is 7. The zero-order valence-electron chi connectivity index (χ0n) is 10.4. The molecule has 1 aromatic heterocycles. The molecule has 1 aliphatic heterocycles. The Kier molecular flexibility index (Phi) is 4.07. The lowest BCUT2D eigenvalue weighted by Crippen LogP contribution is -2.56. The van der Waals surface area contributed by atoms with Crippen LogP contribution < -0.4 is 10.6 Å². The van der Waals surface area contributed by atoms with Gasteiger partial charge in [-0.1, -0.05) is 5.10 Å². The maximum atomic E-state index is 11.8. The minimum Gasteiger partial charge on any atom is -0.480 e. The van der Waals surface area contributed by atoms with Crippen LogP contribution in [0, 0.1) is 6.92 Å². The lowest BCUT2D eigenvalue weighted by Gasteiger charge is -2.32. The van der Waals surface area contributed by atoms with Crippen LogP contribution in [0.25, 0.3) is 0 Å². The monoisotopic (exact) mass is 269 g/mol. The molecule has 0 aliphatic carbocycles. The number of rotatable bonds is 4. The number of piperazine rings is 1. The fraction of sp³-hybridized carbons (Fsp3) is 0.600. The van der Waals surface area contributed by atoms with Crippen LogP contribution in [0.4, 0.5) is 6.01 Å². The smallest absolute Gasteiger partial charge is 0.322 e. The quantitative estimate of drug-likeness (QED) is 0.615. The van der Waals surface area contributed by atoms with Crippen molar-refractivity contribution in [3.05, 3.63) is 5.89 Å². The highest BCUT2D eigenvalue weighted by atomic mass is 16.4. The molecule has 1 fully saturated rings. The highest BCUT2D eigenvalue weighted by Gasteiger charge is 2.29. The van der Waals surface area contributed by atoms with Gasteiger partial charge in [0.05, 0.1) is 6.54 Å². The Balaban J connectivity index is 1.91. The Morgan fingerprint density at radius 3 is 3.00 bits per heavy atom. The molecule has 1 aromatic rings. The van der Waals surface area contributed by atoms with E-state index in [9.17, 15) is 9.59 Å². The second-order valence-corrected chi connectivity index (χ2v) is 4.20. The molecule has 19 heavy (non-hydrogen) atoms. The molecule has 104 valence electrons. The summed E-state index contributed by atoms with van der Waals surface area (Å²) in [5.41, 5.74) is 0. The number of carbonyl (C=O) groups excluding carboxylic acids is 1. The van der Waals surface area contributed by atoms with Crippen LogP contribution in [0.5, 0.6) is 0 Å². The number of amides is 1. The van der Waals surface area contributed by atoms with Crippen LogP contribution in [0.15, 0.2) is 4.42 Å². The standard InChI is InChI=1S/C10H15N5O4/c1-6-13-14-10(19-6)12-8(16)5-15-3-2-11-4-7(15)9(17)18/h7,11H,2-5H2,1H3,(H,17,18)(H,12,14,16). The van der Waals surface area contributed by atoms with Crippen LogP contribution in [0.1, 0.15) is 5.89 Å². The van der Waals surface area contributed by atoms with E-state index in [1.165, 1.54) is 0 Å². The third-order valence-corrected chi connectivity index (χ3v) is 2.76. The van der Waals surface area contributed by atoms with Crippen LogP contribution in [0.2, 0.25) is 0 Å². The maximum Gasteiger partial charge on any atom is 0.322 e. The van der Waals surface area contributed by atoms with Crippen molar-refractivity contribution in [2.45, 2.75) is 13.0 Å². The van der Waals surface area contributed by atoms with Gasteiger partial charge in [0.25, 0.3) is 0 Å². The van der Waals surface area contributed by atoms with Crippen molar-refractivity contribution in [3.63, 3.8) is 0 Å². The fourth-order valence-electron chi connectivity index (χ4n) is 1.87. The van der Waals surface area contributed by atoms with E-state index in [2.05, 4.69) is 20.8 Å². The molecular weight excluding hydrogens is 254 g/mol. The normalized spacial score (nSPS) is 20.2. The molecule has 0 spiro atoms. The van der Waals surface area contributed by atoms with Crippen molar-refractivity contribution in [1.82, 2.24) is 20.4 Å². The van der Waals surface area contributed by atoms with Gasteiger partial charge in [-0.2, -0.15) is 0 Å². The summed E-state index contributed by atoms with van der Waals surface area (Å²) >= 11 is 0. The number of carboxylic acids is 1. The fourth-order valence-corrected chi connectivity index (χ4v) is 1.87. The third-order valence-electron chi connectivity index (χ3n) is 2.76. The van der Waals surface area contributed by atoms with E-state index in [0.29, 0.717) is 25.5 Å². The topological polar surface area (TPSA) is 121 Å². The van der Waals surface area contributed by atoms with E-state index in [0.717, 1.165) is 0 Å². The first kappa shape index (κ1) is 13.4. The maximum absolute atomic E-state index is 11.8. The van der Waals surface area contributed by atoms with Gasteiger partial charge in [0.1, 0.15) is 6.04 Å². The minimum atomic E-state index is -0.950. The number of aromatic nitrogens is 2. The van der Waals surface area contributed by atoms with Crippen LogP contribution in [0.3, 0.4) is 0 Å². The molecule has 9 nitrogen and oxygen atoms in total. The average molecular weight is 269 g/mol. The molecule has 0 saturated carbocycles. The minimum absolute atomic E-state index is 0.0181. The van der Waals surface area contributed by atoms with E-state index in [-0.39, 0.29) is 18.5 Å². The number of carboxylic acid groups (broad SMARTS) is 1. The van der Waals surface area contributed by atoms with E-state index < -0.39 is 12.0 Å². The largest absolute Gasteiger partial charge is 0.480 e. The first-order chi connectivity index (χ1) is 9.06. The summed E-state index contributed by atoms with van der Waals surface area (Å²) in [7, 11) is 0. The molecule has 1 amide bonds. The van der Waals surface area contributed by atoms with E-state index in [4.69, 9.17) is 9.52 Å². The van der Waals surface area contributed by atoms with Crippen molar-refractivity contribution in [3.8, 4) is 0 Å². The Bertz CT molecular complexity index is 474. The lowest BCUT2D eigenvalue weighted by molar-refractivity contribution is -0.144. The average Bonchev–Trinajstić information content (AvgIpc) is 2.75. The summed E-state index contributed by atoms with van der Waals surface area (Å²) in [5, 5.41) is 21.7. The summed E-state index contributed by atoms with van der Waals surface area (Å²) in [5.74, 6) is -0.980. The van der Waals surface area contributed by atoms with Crippen molar-refractivity contribution < 1.29 is 19.1 Å². The van der Waals surface area contributed by atoms with Gasteiger partial charge < -0.3 is 14.8 Å². The van der Waals surface area contributed by atoms with E-state index >= 15 is 0 Å². The van der Waals surface area contributed by atoms with Gasteiger partial charge in [-0.3, -0.25) is 19.8 Å². The van der Waals surface area contributed by atoms with Gasteiger partial charge in [-0.25, -0.2) is 0 Å². The number of aliphatic carboxylic acids is 1. The predicted molar refractivity (Wildman–Crippen MR) is 63.5 cm³/mol. The zero-order valence-corrected chi connectivity index (χ0v) is 10.4. The van der Waals surface area contributed by atoms with Gasteiger partial charge in [0.15, 0.2) is 0 Å². The molecular formula is C10H15N5O4. The Labute approximate surface area is 109 Å². The summed E-state index contributed by atoms with van der Waals surface area (Å²) in [6.45, 7) is 3.05. The first-order valence-electron chi connectivity index (χ1n) is 5.84. The molecule has 2 rings (SSSR count). The van der Waals surface area contributed by atoms with Gasteiger partial charge >= 0.3 is 12.0 Å². The summed E-state index contributed by atoms with van der Waals surface area (Å²) in [6.07, 6.45) is 0. The third kappa shape index (κ3) is 3.48. The molecule has 1 saturated heterocycles. The molecule has 1 aliphatic rings. The highest BCUT2D eigenvalue weighted by Crippen LogP contribution is 2.06. The molecule has 0 aromatic carbocycles. The summed E-state index contributed by atoms with van der Waals surface area (Å²) < 4.78 is 5.02. The van der Waals surface area contributed by atoms with Gasteiger partial charge in [-0.05, 0) is 0 Å². The molecule has 0 bridgehead atoms. The van der Waals surface area contributed by atoms with E-state index in [1.54, 1.807) is 11.8 Å².